The molecule has 0 aromatic rings. The van der Waals surface area contributed by atoms with Crippen molar-refractivity contribution in [3.63, 3.8) is 0 Å². The van der Waals surface area contributed by atoms with Crippen LogP contribution in [0.25, 0.3) is 0 Å². The van der Waals surface area contributed by atoms with Crippen molar-refractivity contribution in [3.8, 4) is 0 Å². The summed E-state index contributed by atoms with van der Waals surface area (Å²) >= 11 is 1.96. The van der Waals surface area contributed by atoms with Gasteiger partial charge in [0.15, 0.2) is 0 Å². The third-order valence-corrected chi connectivity index (χ3v) is 5.91. The zero-order chi connectivity index (χ0) is 34.1. The lowest BCUT2D eigenvalue weighted by atomic mass is 10.3. The number of thioether (sulfide) groups is 1. The second-order valence-electron chi connectivity index (χ2n) is 8.53. The number of Topliss-reactive ketones (excluding diaryl/α,β-unsaturated/α-hetero) is 1. The lowest BCUT2D eigenvalue weighted by Gasteiger charge is -2.11. The number of carbonyl (C=O) groups excluding carboxylic acids is 3. The normalized spacial score (nSPS) is 8.63. The van der Waals surface area contributed by atoms with Crippen LogP contribution in [0.15, 0.2) is 0 Å². The fourth-order valence-corrected chi connectivity index (χ4v) is 2.18. The Morgan fingerprint density at radius 3 is 0.829 bits per heavy atom. The van der Waals surface area contributed by atoms with Crippen molar-refractivity contribution in [2.45, 2.75) is 129 Å². The summed E-state index contributed by atoms with van der Waals surface area (Å²) in [6.07, 6.45) is 3.86. The molecule has 0 aromatic heterocycles. The average molecular weight is 612 g/mol. The van der Waals surface area contributed by atoms with Crippen molar-refractivity contribution in [2.75, 3.05) is 72.0 Å². The predicted octanol–water partition coefficient (Wildman–Crippen LogP) is 8.30. The molecule has 41 heavy (non-hydrogen) atoms. The largest absolute Gasteiger partial charge is 0.382 e. The Bertz CT molecular complexity index is 439. The van der Waals surface area contributed by atoms with E-state index in [1.54, 1.807) is 9.80 Å². The number of hydrogen-bond donors (Lipinski definition) is 0. The standard InChI is InChI=1S/2C6H13NO.C5H13N.C5H10O.C4H10O.C4H10S.C3H8/c2*1-4-6(8)7(3)5-2;1-4-6(3)5-2;1-3-5(6)4-2;2*1-3-5-4-2;1-3-2/h2*4-5H2,1-3H3;4-5H2,1-3H3;3-4H2,1-2H3;2*3-4H2,1-2H3;3H2,1-2H3. The maximum absolute atomic E-state index is 10.7. The van der Waals surface area contributed by atoms with Gasteiger partial charge in [-0.3, -0.25) is 14.4 Å². The highest BCUT2D eigenvalue weighted by Crippen LogP contribution is 1.93. The Morgan fingerprint density at radius 1 is 0.512 bits per heavy atom. The first-order valence-corrected chi connectivity index (χ1v) is 17.3. The van der Waals surface area contributed by atoms with E-state index in [1.807, 2.05) is 81.2 Å². The molecule has 2 amide bonds. The van der Waals surface area contributed by atoms with E-state index in [2.05, 4.69) is 53.5 Å². The highest BCUT2D eigenvalue weighted by Gasteiger charge is 2.00. The maximum atomic E-state index is 10.7. The van der Waals surface area contributed by atoms with E-state index in [0.29, 0.717) is 31.5 Å². The monoisotopic (exact) mass is 612 g/mol. The quantitative estimate of drug-likeness (QED) is 0.221. The Labute approximate surface area is 263 Å². The number of ether oxygens (including phenoxy) is 1. The maximum Gasteiger partial charge on any atom is 0.222 e. The first-order valence-electron chi connectivity index (χ1n) is 16.1. The SMILES string of the molecule is CCC.CCC(=O)CC.CCC(=O)N(C)CC.CCC(=O)N(C)CC.CCN(C)CC.CCOCC.CCSCC. The molecule has 7 nitrogen and oxygen atoms in total. The molecule has 254 valence electrons. The van der Waals surface area contributed by atoms with Crippen LogP contribution in [0.2, 0.25) is 0 Å². The van der Waals surface area contributed by atoms with Gasteiger partial charge >= 0.3 is 0 Å². The first kappa shape index (κ1) is 55.8. The number of carbonyl (C=O) groups is 3. The smallest absolute Gasteiger partial charge is 0.222 e. The van der Waals surface area contributed by atoms with E-state index < -0.39 is 0 Å². The van der Waals surface area contributed by atoms with Crippen molar-refractivity contribution >= 4 is 29.4 Å². The summed E-state index contributed by atoms with van der Waals surface area (Å²) in [4.78, 5) is 37.2. The fraction of sp³-hybridized carbons (Fsp3) is 0.909. The summed E-state index contributed by atoms with van der Waals surface area (Å²) in [5, 5.41) is 0. The van der Waals surface area contributed by atoms with Gasteiger partial charge in [-0.15, -0.1) is 0 Å². The van der Waals surface area contributed by atoms with Gasteiger partial charge in [-0.2, -0.15) is 11.8 Å². The zero-order valence-corrected chi connectivity index (χ0v) is 31.9. The lowest BCUT2D eigenvalue weighted by Crippen LogP contribution is -2.24. The molecule has 0 aromatic carbocycles. The number of hydrogen-bond acceptors (Lipinski definition) is 6. The molecule has 0 radical (unpaired) electrons. The Kier molecular flexibility index (Phi) is 74.7. The molecule has 0 bridgehead atoms. The van der Waals surface area contributed by atoms with E-state index in [0.717, 1.165) is 39.4 Å². The number of nitrogens with zero attached hydrogens (tertiary/aromatic N) is 3. The van der Waals surface area contributed by atoms with Gasteiger partial charge in [0.05, 0.1) is 0 Å². The molecular weight excluding hydrogens is 534 g/mol. The van der Waals surface area contributed by atoms with E-state index in [-0.39, 0.29) is 11.8 Å². The Balaban J connectivity index is -0.0000000670. The van der Waals surface area contributed by atoms with Crippen LogP contribution in [-0.4, -0.2) is 104 Å². The number of amides is 2. The van der Waals surface area contributed by atoms with E-state index in [1.165, 1.54) is 17.9 Å². The van der Waals surface area contributed by atoms with Crippen LogP contribution in [0, 0.1) is 0 Å². The molecule has 0 aliphatic carbocycles. The van der Waals surface area contributed by atoms with Gasteiger partial charge < -0.3 is 19.4 Å². The molecular formula is C33H77N3O4S. The van der Waals surface area contributed by atoms with Gasteiger partial charge in [0.25, 0.3) is 0 Å². The van der Waals surface area contributed by atoms with Crippen LogP contribution in [-0.2, 0) is 19.1 Å². The van der Waals surface area contributed by atoms with Crippen molar-refractivity contribution < 1.29 is 19.1 Å². The van der Waals surface area contributed by atoms with Crippen LogP contribution in [0.3, 0.4) is 0 Å². The van der Waals surface area contributed by atoms with Gasteiger partial charge in [0.2, 0.25) is 11.8 Å². The molecule has 0 unspecified atom stereocenters. The minimum Gasteiger partial charge on any atom is -0.382 e. The summed E-state index contributed by atoms with van der Waals surface area (Å²) in [5.41, 5.74) is 0. The number of ketones is 1. The van der Waals surface area contributed by atoms with Crippen LogP contribution < -0.4 is 0 Å². The van der Waals surface area contributed by atoms with E-state index in [4.69, 9.17) is 4.74 Å². The van der Waals surface area contributed by atoms with Crippen molar-refractivity contribution in [1.29, 1.82) is 0 Å². The second-order valence-corrected chi connectivity index (χ2v) is 10.1. The average Bonchev–Trinajstić information content (AvgIpc) is 3.01. The van der Waals surface area contributed by atoms with Gasteiger partial charge in [-0.1, -0.05) is 75.7 Å². The molecule has 0 spiro atoms. The van der Waals surface area contributed by atoms with Crippen LogP contribution in [0.1, 0.15) is 129 Å². The highest BCUT2D eigenvalue weighted by molar-refractivity contribution is 7.99. The molecule has 8 heteroatoms. The molecule has 0 heterocycles. The molecule has 0 aliphatic heterocycles. The van der Waals surface area contributed by atoms with Gasteiger partial charge in [-0.05, 0) is 59.3 Å². The number of rotatable bonds is 12. The summed E-state index contributed by atoms with van der Waals surface area (Å²) in [5.74, 6) is 3.29. The molecule has 0 saturated carbocycles. The van der Waals surface area contributed by atoms with Gasteiger partial charge in [0, 0.05) is 66.1 Å². The first-order chi connectivity index (χ1) is 19.3. The van der Waals surface area contributed by atoms with Crippen LogP contribution >= 0.6 is 11.8 Å². The molecule has 0 aliphatic rings. The minimum atomic E-state index is 0.215. The lowest BCUT2D eigenvalue weighted by molar-refractivity contribution is -0.130. The van der Waals surface area contributed by atoms with Crippen molar-refractivity contribution in [2.24, 2.45) is 0 Å². The van der Waals surface area contributed by atoms with Crippen LogP contribution in [0.5, 0.6) is 0 Å². The summed E-state index contributed by atoms with van der Waals surface area (Å²) in [7, 11) is 5.73. The highest BCUT2D eigenvalue weighted by atomic mass is 32.2. The molecule has 0 N–H and O–H groups in total. The summed E-state index contributed by atoms with van der Waals surface area (Å²) in [6, 6.07) is 0. The van der Waals surface area contributed by atoms with Crippen LogP contribution in [0.4, 0.5) is 0 Å². The minimum absolute atomic E-state index is 0.215. The second kappa shape index (κ2) is 54.9. The van der Waals surface area contributed by atoms with E-state index >= 15 is 0 Å². The Hall–Kier alpha value is -1.12. The third-order valence-electron chi connectivity index (χ3n) is 5.09. The molecule has 0 atom stereocenters. The fourth-order valence-electron chi connectivity index (χ4n) is 1.77. The predicted molar refractivity (Wildman–Crippen MR) is 188 cm³/mol. The third kappa shape index (κ3) is 73.2. The summed E-state index contributed by atoms with van der Waals surface area (Å²) in [6.45, 7) is 34.0. The molecule has 0 saturated heterocycles. The molecule has 0 fully saturated rings. The topological polar surface area (TPSA) is 70.2 Å². The summed E-state index contributed by atoms with van der Waals surface area (Å²) < 4.78 is 4.83. The zero-order valence-electron chi connectivity index (χ0n) is 31.1. The Morgan fingerprint density at radius 2 is 0.805 bits per heavy atom. The molecule has 0 rings (SSSR count). The van der Waals surface area contributed by atoms with Crippen molar-refractivity contribution in [1.82, 2.24) is 14.7 Å². The van der Waals surface area contributed by atoms with E-state index in [9.17, 15) is 14.4 Å². The van der Waals surface area contributed by atoms with Gasteiger partial charge in [0.1, 0.15) is 5.78 Å². The van der Waals surface area contributed by atoms with Gasteiger partial charge in [-0.25, -0.2) is 0 Å². The van der Waals surface area contributed by atoms with Crippen molar-refractivity contribution in [3.05, 3.63) is 0 Å².